The highest BCUT2D eigenvalue weighted by atomic mass is 16.1. The van der Waals surface area contributed by atoms with Crippen molar-refractivity contribution in [1.82, 2.24) is 5.32 Å². The minimum atomic E-state index is -0.0920. The van der Waals surface area contributed by atoms with Crippen LogP contribution in [0, 0.1) is 0 Å². The zero-order valence-corrected chi connectivity index (χ0v) is 6.51. The summed E-state index contributed by atoms with van der Waals surface area (Å²) in [5, 5.41) is 2.49. The van der Waals surface area contributed by atoms with Crippen molar-refractivity contribution < 1.29 is 4.79 Å². The molecule has 0 bridgehead atoms. The number of aliphatic imine (C=N–C) groups is 1. The highest BCUT2D eigenvalue weighted by molar-refractivity contribution is 5.92. The molecule has 0 saturated carbocycles. The maximum atomic E-state index is 10.8. The van der Waals surface area contributed by atoms with Gasteiger partial charge in [0, 0.05) is 25.0 Å². The van der Waals surface area contributed by atoms with Gasteiger partial charge < -0.3 is 5.32 Å². The number of amides is 1. The Labute approximate surface area is 60.8 Å². The van der Waals surface area contributed by atoms with Crippen LogP contribution in [0.5, 0.6) is 0 Å². The van der Waals surface area contributed by atoms with Crippen molar-refractivity contribution in [1.29, 1.82) is 0 Å². The van der Waals surface area contributed by atoms with Gasteiger partial charge in [0.05, 0.1) is 0 Å². The first-order valence-electron chi connectivity index (χ1n) is 3.09. The Morgan fingerprint density at radius 2 is 2.20 bits per heavy atom. The molecule has 0 rings (SSSR count). The van der Waals surface area contributed by atoms with Crippen molar-refractivity contribution in [3.05, 3.63) is 11.8 Å². The smallest absolute Gasteiger partial charge is 0.248 e. The van der Waals surface area contributed by atoms with E-state index in [2.05, 4.69) is 10.3 Å². The van der Waals surface area contributed by atoms with Gasteiger partial charge in [-0.05, 0) is 13.8 Å². The lowest BCUT2D eigenvalue weighted by Crippen LogP contribution is -2.18. The summed E-state index contributed by atoms with van der Waals surface area (Å²) in [4.78, 5) is 14.6. The minimum absolute atomic E-state index is 0.0920. The Morgan fingerprint density at radius 3 is 2.60 bits per heavy atom. The molecule has 0 aliphatic heterocycles. The third kappa shape index (κ3) is 3.02. The van der Waals surface area contributed by atoms with Crippen LogP contribution in [0.15, 0.2) is 16.8 Å². The largest absolute Gasteiger partial charge is 0.355 e. The van der Waals surface area contributed by atoms with Crippen LogP contribution in [0.2, 0.25) is 0 Å². The first-order valence-corrected chi connectivity index (χ1v) is 3.09. The van der Waals surface area contributed by atoms with Gasteiger partial charge in [0.25, 0.3) is 0 Å². The predicted molar refractivity (Wildman–Crippen MR) is 42.0 cm³/mol. The highest BCUT2D eigenvalue weighted by Crippen LogP contribution is 1.90. The molecular weight excluding hydrogens is 128 g/mol. The summed E-state index contributed by atoms with van der Waals surface area (Å²) in [5.41, 5.74) is 0.612. The number of carbonyl (C=O) groups is 1. The molecule has 0 aromatic carbocycles. The molecule has 0 heterocycles. The van der Waals surface area contributed by atoms with Crippen molar-refractivity contribution in [3.8, 4) is 0 Å². The standard InChI is InChI=1S/C7H12N2O/c1-4-9-5-6(2)7(10)8-3/h4-5H,1-3H3,(H,8,10)/b6-5+,9-4?. The molecule has 1 amide bonds. The van der Waals surface area contributed by atoms with Crippen molar-refractivity contribution in [3.63, 3.8) is 0 Å². The molecule has 56 valence electrons. The Balaban J connectivity index is 4.05. The van der Waals surface area contributed by atoms with E-state index in [1.807, 2.05) is 0 Å². The number of nitrogens with zero attached hydrogens (tertiary/aromatic N) is 1. The lowest BCUT2D eigenvalue weighted by molar-refractivity contribution is -0.117. The van der Waals surface area contributed by atoms with Crippen LogP contribution < -0.4 is 5.32 Å². The van der Waals surface area contributed by atoms with E-state index < -0.39 is 0 Å². The van der Waals surface area contributed by atoms with Gasteiger partial charge in [-0.2, -0.15) is 0 Å². The number of likely N-dealkylation sites (N-methyl/N-ethyl adjacent to an activating group) is 1. The molecule has 0 radical (unpaired) electrons. The molecule has 0 aliphatic rings. The average molecular weight is 140 g/mol. The van der Waals surface area contributed by atoms with Gasteiger partial charge in [0.15, 0.2) is 0 Å². The second kappa shape index (κ2) is 4.73. The fraction of sp³-hybridized carbons (Fsp3) is 0.429. The average Bonchev–Trinajstić information content (AvgIpc) is 1.98. The van der Waals surface area contributed by atoms with Gasteiger partial charge in [-0.1, -0.05) is 0 Å². The molecule has 0 unspecified atom stereocenters. The first-order chi connectivity index (χ1) is 4.72. The zero-order chi connectivity index (χ0) is 7.98. The Kier molecular flexibility index (Phi) is 4.20. The second-order valence-electron chi connectivity index (χ2n) is 1.80. The molecule has 0 aromatic heterocycles. The van der Waals surface area contributed by atoms with E-state index in [0.717, 1.165) is 0 Å². The van der Waals surface area contributed by atoms with Crippen LogP contribution in [0.1, 0.15) is 13.8 Å². The minimum Gasteiger partial charge on any atom is -0.355 e. The number of carbonyl (C=O) groups excluding carboxylic acids is 1. The molecule has 0 aliphatic carbocycles. The van der Waals surface area contributed by atoms with E-state index in [4.69, 9.17) is 0 Å². The molecule has 3 nitrogen and oxygen atoms in total. The van der Waals surface area contributed by atoms with E-state index in [9.17, 15) is 4.79 Å². The maximum absolute atomic E-state index is 10.8. The quantitative estimate of drug-likeness (QED) is 0.446. The topological polar surface area (TPSA) is 41.5 Å². The van der Waals surface area contributed by atoms with Crippen LogP contribution in [0.4, 0.5) is 0 Å². The van der Waals surface area contributed by atoms with E-state index in [1.54, 1.807) is 27.1 Å². The fourth-order valence-corrected chi connectivity index (χ4v) is 0.442. The van der Waals surface area contributed by atoms with Crippen molar-refractivity contribution >= 4 is 12.1 Å². The van der Waals surface area contributed by atoms with E-state index >= 15 is 0 Å². The zero-order valence-electron chi connectivity index (χ0n) is 6.51. The molecule has 3 heteroatoms. The fourth-order valence-electron chi connectivity index (χ4n) is 0.442. The summed E-state index contributed by atoms with van der Waals surface area (Å²) >= 11 is 0. The molecule has 1 N–H and O–H groups in total. The number of rotatable bonds is 2. The van der Waals surface area contributed by atoms with Gasteiger partial charge in [-0.3, -0.25) is 9.79 Å². The molecule has 0 spiro atoms. The summed E-state index contributed by atoms with van der Waals surface area (Å²) in [6.45, 7) is 3.51. The van der Waals surface area contributed by atoms with E-state index in [0.29, 0.717) is 5.57 Å². The third-order valence-electron chi connectivity index (χ3n) is 1.00. The maximum Gasteiger partial charge on any atom is 0.248 e. The van der Waals surface area contributed by atoms with Crippen LogP contribution in [-0.4, -0.2) is 19.2 Å². The van der Waals surface area contributed by atoms with Crippen LogP contribution >= 0.6 is 0 Å². The normalized spacial score (nSPS) is 12.1. The third-order valence-corrected chi connectivity index (χ3v) is 1.00. The van der Waals surface area contributed by atoms with Gasteiger partial charge >= 0.3 is 0 Å². The second-order valence-corrected chi connectivity index (χ2v) is 1.80. The summed E-state index contributed by atoms with van der Waals surface area (Å²) in [5.74, 6) is -0.0920. The molecule has 0 fully saturated rings. The van der Waals surface area contributed by atoms with Crippen molar-refractivity contribution in [2.45, 2.75) is 13.8 Å². The van der Waals surface area contributed by atoms with Gasteiger partial charge in [0.1, 0.15) is 0 Å². The number of hydrogen-bond donors (Lipinski definition) is 1. The molecule has 0 atom stereocenters. The number of hydrogen-bond acceptors (Lipinski definition) is 2. The predicted octanol–water partition coefficient (Wildman–Crippen LogP) is 0.727. The molecule has 10 heavy (non-hydrogen) atoms. The summed E-state index contributed by atoms with van der Waals surface area (Å²) in [6.07, 6.45) is 3.16. The lowest BCUT2D eigenvalue weighted by atomic mass is 10.3. The lowest BCUT2D eigenvalue weighted by Gasteiger charge is -1.94. The highest BCUT2D eigenvalue weighted by Gasteiger charge is 1.96. The van der Waals surface area contributed by atoms with Gasteiger partial charge in [0.2, 0.25) is 5.91 Å². The Bertz CT molecular complexity index is 170. The van der Waals surface area contributed by atoms with Gasteiger partial charge in [-0.15, -0.1) is 0 Å². The van der Waals surface area contributed by atoms with Crippen molar-refractivity contribution in [2.24, 2.45) is 4.99 Å². The van der Waals surface area contributed by atoms with E-state index in [-0.39, 0.29) is 5.91 Å². The number of nitrogens with one attached hydrogen (secondary N) is 1. The summed E-state index contributed by atoms with van der Waals surface area (Å²) in [6, 6.07) is 0. The van der Waals surface area contributed by atoms with Crippen LogP contribution in [-0.2, 0) is 4.79 Å². The van der Waals surface area contributed by atoms with Crippen LogP contribution in [0.3, 0.4) is 0 Å². The Hall–Kier alpha value is -1.12. The van der Waals surface area contributed by atoms with Gasteiger partial charge in [-0.25, -0.2) is 0 Å². The SMILES string of the molecule is CC=N/C=C(\C)C(=O)NC. The summed E-state index contributed by atoms with van der Waals surface area (Å²) in [7, 11) is 1.59. The monoisotopic (exact) mass is 140 g/mol. The molecule has 0 saturated heterocycles. The van der Waals surface area contributed by atoms with Crippen LogP contribution in [0.25, 0.3) is 0 Å². The van der Waals surface area contributed by atoms with E-state index in [1.165, 1.54) is 6.20 Å². The first kappa shape index (κ1) is 8.88. The molecular formula is C7H12N2O. The summed E-state index contributed by atoms with van der Waals surface area (Å²) < 4.78 is 0. The Morgan fingerprint density at radius 1 is 1.60 bits per heavy atom. The molecule has 0 aromatic rings. The van der Waals surface area contributed by atoms with Crippen molar-refractivity contribution in [2.75, 3.05) is 7.05 Å².